The van der Waals surface area contributed by atoms with Crippen LogP contribution in [0.1, 0.15) is 25.7 Å². The molecular formula is C22H24N4O2. The summed E-state index contributed by atoms with van der Waals surface area (Å²) in [5.74, 6) is -0.120. The lowest BCUT2D eigenvalue weighted by Gasteiger charge is -2.28. The Balaban J connectivity index is 1.36. The molecule has 28 heavy (non-hydrogen) atoms. The standard InChI is InChI=1S/C22H24N4O2/c27-21(12-15-26-16-23-20-7-3-2-6-19(20)22(26)28)24-17-8-10-18(11-9-17)25-13-4-1-5-14-25/h2-3,6-11,16H,1,4-5,12-15H2,(H,24,27). The van der Waals surface area contributed by atoms with Gasteiger partial charge in [0.15, 0.2) is 0 Å². The molecule has 0 spiro atoms. The summed E-state index contributed by atoms with van der Waals surface area (Å²) in [6.07, 6.45) is 5.50. The molecule has 6 heteroatoms. The summed E-state index contributed by atoms with van der Waals surface area (Å²) in [7, 11) is 0. The number of piperidine rings is 1. The third kappa shape index (κ3) is 4.06. The molecule has 144 valence electrons. The van der Waals surface area contributed by atoms with Gasteiger partial charge in [0.1, 0.15) is 0 Å². The van der Waals surface area contributed by atoms with Crippen LogP contribution in [-0.4, -0.2) is 28.5 Å². The monoisotopic (exact) mass is 376 g/mol. The van der Waals surface area contributed by atoms with Crippen LogP contribution in [0.25, 0.3) is 10.9 Å². The van der Waals surface area contributed by atoms with Crippen molar-refractivity contribution in [1.29, 1.82) is 0 Å². The molecule has 0 unspecified atom stereocenters. The fourth-order valence-corrected chi connectivity index (χ4v) is 3.62. The number of amides is 1. The molecule has 0 saturated carbocycles. The Morgan fingerprint density at radius 3 is 2.54 bits per heavy atom. The van der Waals surface area contributed by atoms with Crippen LogP contribution in [0, 0.1) is 0 Å². The van der Waals surface area contributed by atoms with E-state index in [4.69, 9.17) is 0 Å². The first-order chi connectivity index (χ1) is 13.7. The van der Waals surface area contributed by atoms with Crippen molar-refractivity contribution in [2.75, 3.05) is 23.3 Å². The average molecular weight is 376 g/mol. The molecule has 1 fully saturated rings. The first-order valence-corrected chi connectivity index (χ1v) is 9.80. The maximum atomic E-state index is 12.5. The summed E-state index contributed by atoms with van der Waals surface area (Å²) in [6, 6.07) is 15.2. The summed E-state index contributed by atoms with van der Waals surface area (Å²) < 4.78 is 1.49. The SMILES string of the molecule is O=C(CCn1cnc2ccccc2c1=O)Nc1ccc(N2CCCCC2)cc1. The van der Waals surface area contributed by atoms with E-state index in [0.717, 1.165) is 18.8 Å². The molecule has 1 N–H and O–H groups in total. The van der Waals surface area contributed by atoms with E-state index in [1.165, 1.54) is 35.8 Å². The van der Waals surface area contributed by atoms with Gasteiger partial charge in [-0.2, -0.15) is 0 Å². The zero-order valence-corrected chi connectivity index (χ0v) is 15.8. The molecule has 0 atom stereocenters. The predicted molar refractivity (Wildman–Crippen MR) is 112 cm³/mol. The summed E-state index contributed by atoms with van der Waals surface area (Å²) in [5.41, 5.74) is 2.52. The molecule has 6 nitrogen and oxygen atoms in total. The van der Waals surface area contributed by atoms with Crippen molar-refractivity contribution < 1.29 is 4.79 Å². The second kappa shape index (κ2) is 8.25. The molecule has 2 aromatic carbocycles. The number of nitrogens with one attached hydrogen (secondary N) is 1. The van der Waals surface area contributed by atoms with Gasteiger partial charge < -0.3 is 10.2 Å². The summed E-state index contributed by atoms with van der Waals surface area (Å²) in [6.45, 7) is 2.49. The van der Waals surface area contributed by atoms with Gasteiger partial charge in [-0.05, 0) is 55.7 Å². The number of hydrogen-bond acceptors (Lipinski definition) is 4. The Kier molecular flexibility index (Phi) is 5.37. The molecule has 1 aliphatic heterocycles. The van der Waals surface area contributed by atoms with Gasteiger partial charge in [-0.1, -0.05) is 12.1 Å². The number of hydrogen-bond donors (Lipinski definition) is 1. The van der Waals surface area contributed by atoms with Gasteiger partial charge in [0, 0.05) is 37.4 Å². The Morgan fingerprint density at radius 1 is 1.00 bits per heavy atom. The van der Waals surface area contributed by atoms with E-state index in [2.05, 4.69) is 27.3 Å². The van der Waals surface area contributed by atoms with E-state index in [0.29, 0.717) is 17.4 Å². The number of nitrogens with zero attached hydrogens (tertiary/aromatic N) is 3. The van der Waals surface area contributed by atoms with Crippen molar-refractivity contribution >= 4 is 28.2 Å². The lowest BCUT2D eigenvalue weighted by atomic mass is 10.1. The lowest BCUT2D eigenvalue weighted by molar-refractivity contribution is -0.116. The normalized spacial score (nSPS) is 14.2. The number of fused-ring (bicyclic) bond motifs is 1. The van der Waals surface area contributed by atoms with Crippen molar-refractivity contribution in [3.05, 3.63) is 65.2 Å². The zero-order valence-electron chi connectivity index (χ0n) is 15.8. The van der Waals surface area contributed by atoms with Crippen LogP contribution in [0.15, 0.2) is 59.7 Å². The fourth-order valence-electron chi connectivity index (χ4n) is 3.62. The van der Waals surface area contributed by atoms with E-state index in [-0.39, 0.29) is 17.9 Å². The number of anilines is 2. The molecule has 1 saturated heterocycles. The molecule has 2 heterocycles. The van der Waals surface area contributed by atoms with Gasteiger partial charge in [-0.25, -0.2) is 4.98 Å². The minimum absolute atomic E-state index is 0.120. The third-order valence-corrected chi connectivity index (χ3v) is 5.18. The second-order valence-electron chi connectivity index (χ2n) is 7.15. The van der Waals surface area contributed by atoms with Gasteiger partial charge in [-0.3, -0.25) is 14.2 Å². The van der Waals surface area contributed by atoms with Gasteiger partial charge in [0.2, 0.25) is 5.91 Å². The Bertz CT molecular complexity index is 1020. The molecule has 1 amide bonds. The van der Waals surface area contributed by atoms with Crippen LogP contribution < -0.4 is 15.8 Å². The van der Waals surface area contributed by atoms with Crippen molar-refractivity contribution in [2.24, 2.45) is 0 Å². The fraction of sp³-hybridized carbons (Fsp3) is 0.318. The van der Waals surface area contributed by atoms with E-state index in [9.17, 15) is 9.59 Å². The second-order valence-corrected chi connectivity index (χ2v) is 7.15. The predicted octanol–water partition coefficient (Wildman–Crippen LogP) is 3.42. The highest BCUT2D eigenvalue weighted by molar-refractivity contribution is 5.90. The molecular weight excluding hydrogens is 352 g/mol. The topological polar surface area (TPSA) is 67.2 Å². The Labute approximate surface area is 163 Å². The molecule has 0 bridgehead atoms. The van der Waals surface area contributed by atoms with E-state index in [1.807, 2.05) is 24.3 Å². The molecule has 1 aliphatic rings. The van der Waals surface area contributed by atoms with E-state index >= 15 is 0 Å². The molecule has 0 aliphatic carbocycles. The molecule has 1 aromatic heterocycles. The maximum Gasteiger partial charge on any atom is 0.261 e. The van der Waals surface area contributed by atoms with Gasteiger partial charge in [-0.15, -0.1) is 0 Å². The van der Waals surface area contributed by atoms with Gasteiger partial charge >= 0.3 is 0 Å². The summed E-state index contributed by atoms with van der Waals surface area (Å²) in [5, 5.41) is 3.47. The first-order valence-electron chi connectivity index (χ1n) is 9.80. The molecule has 3 aromatic rings. The number of aromatic nitrogens is 2. The lowest BCUT2D eigenvalue weighted by Crippen LogP contribution is -2.29. The van der Waals surface area contributed by atoms with E-state index in [1.54, 1.807) is 12.1 Å². The van der Waals surface area contributed by atoms with Crippen molar-refractivity contribution in [3.8, 4) is 0 Å². The molecule has 4 rings (SSSR count). The summed E-state index contributed by atoms with van der Waals surface area (Å²) in [4.78, 5) is 31.4. The van der Waals surface area contributed by atoms with Crippen LogP contribution >= 0.6 is 0 Å². The van der Waals surface area contributed by atoms with Crippen molar-refractivity contribution in [1.82, 2.24) is 9.55 Å². The minimum atomic E-state index is -0.121. The van der Waals surface area contributed by atoms with Gasteiger partial charge in [0.05, 0.1) is 17.2 Å². The zero-order chi connectivity index (χ0) is 19.3. The van der Waals surface area contributed by atoms with E-state index < -0.39 is 0 Å². The van der Waals surface area contributed by atoms with Crippen LogP contribution in [-0.2, 0) is 11.3 Å². The maximum absolute atomic E-state index is 12.5. The van der Waals surface area contributed by atoms with Crippen molar-refractivity contribution in [3.63, 3.8) is 0 Å². The highest BCUT2D eigenvalue weighted by atomic mass is 16.1. The molecule has 0 radical (unpaired) electrons. The van der Waals surface area contributed by atoms with Crippen LogP contribution in [0.5, 0.6) is 0 Å². The number of para-hydroxylation sites is 1. The Morgan fingerprint density at radius 2 is 1.75 bits per heavy atom. The largest absolute Gasteiger partial charge is 0.372 e. The summed E-state index contributed by atoms with van der Waals surface area (Å²) >= 11 is 0. The number of carbonyl (C=O) groups excluding carboxylic acids is 1. The van der Waals surface area contributed by atoms with Crippen LogP contribution in [0.3, 0.4) is 0 Å². The third-order valence-electron chi connectivity index (χ3n) is 5.18. The minimum Gasteiger partial charge on any atom is -0.372 e. The highest BCUT2D eigenvalue weighted by Crippen LogP contribution is 2.21. The van der Waals surface area contributed by atoms with Crippen LogP contribution in [0.4, 0.5) is 11.4 Å². The average Bonchev–Trinajstić information content (AvgIpc) is 2.75. The smallest absolute Gasteiger partial charge is 0.261 e. The Hall–Kier alpha value is -3.15. The van der Waals surface area contributed by atoms with Gasteiger partial charge in [0.25, 0.3) is 5.56 Å². The van der Waals surface area contributed by atoms with Crippen molar-refractivity contribution in [2.45, 2.75) is 32.2 Å². The first kappa shape index (κ1) is 18.2. The number of benzene rings is 2. The quantitative estimate of drug-likeness (QED) is 0.741. The number of rotatable bonds is 5. The van der Waals surface area contributed by atoms with Crippen LogP contribution in [0.2, 0.25) is 0 Å². The number of aryl methyl sites for hydroxylation is 1. The number of carbonyl (C=O) groups is 1. The highest BCUT2D eigenvalue weighted by Gasteiger charge is 2.11.